The van der Waals surface area contributed by atoms with Crippen molar-refractivity contribution in [3.05, 3.63) is 82.0 Å². The van der Waals surface area contributed by atoms with Gasteiger partial charge in [-0.05, 0) is 24.6 Å². The van der Waals surface area contributed by atoms with Crippen LogP contribution in [0, 0.1) is 6.92 Å². The van der Waals surface area contributed by atoms with Crippen LogP contribution in [-0.2, 0) is 24.9 Å². The molecule has 2 amide bonds. The monoisotopic (exact) mass is 379 g/mol. The zero-order valence-electron chi connectivity index (χ0n) is 15.7. The molecule has 0 unspecified atom stereocenters. The van der Waals surface area contributed by atoms with Crippen LogP contribution in [0.5, 0.6) is 0 Å². The number of carbonyl (C=O) groups is 2. The van der Waals surface area contributed by atoms with Gasteiger partial charge in [-0.2, -0.15) is 5.10 Å². The molecule has 0 spiro atoms. The highest BCUT2D eigenvalue weighted by Gasteiger charge is 2.14. The average molecular weight is 379 g/mol. The fraction of sp³-hybridized carbons (Fsp3) is 0.200. The van der Waals surface area contributed by atoms with Crippen molar-refractivity contribution < 1.29 is 9.59 Å². The third-order valence-corrected chi connectivity index (χ3v) is 4.16. The number of hydrogen-bond donors (Lipinski definition) is 2. The van der Waals surface area contributed by atoms with Crippen molar-refractivity contribution in [3.8, 4) is 0 Å². The molecule has 8 nitrogen and oxygen atoms in total. The quantitative estimate of drug-likeness (QED) is 0.677. The van der Waals surface area contributed by atoms with E-state index in [9.17, 15) is 14.4 Å². The topological polar surface area (TPSA) is 98.0 Å². The summed E-state index contributed by atoms with van der Waals surface area (Å²) in [6.45, 7) is 1.89. The molecule has 2 N–H and O–H groups in total. The van der Waals surface area contributed by atoms with Crippen LogP contribution in [-0.4, -0.2) is 26.2 Å². The second-order valence-electron chi connectivity index (χ2n) is 6.37. The molecule has 0 aliphatic rings. The highest BCUT2D eigenvalue weighted by molar-refractivity contribution is 5.94. The van der Waals surface area contributed by atoms with Crippen LogP contribution in [0.1, 0.15) is 21.6 Å². The Morgan fingerprint density at radius 2 is 1.86 bits per heavy atom. The first-order valence-corrected chi connectivity index (χ1v) is 8.75. The minimum Gasteiger partial charge on any atom is -0.348 e. The molecule has 0 saturated carbocycles. The second-order valence-corrected chi connectivity index (χ2v) is 6.37. The lowest BCUT2D eigenvalue weighted by Crippen LogP contribution is -2.34. The van der Waals surface area contributed by atoms with Crippen LogP contribution >= 0.6 is 0 Å². The lowest BCUT2D eigenvalue weighted by molar-refractivity contribution is -0.116. The Hall–Kier alpha value is -3.68. The van der Waals surface area contributed by atoms with Gasteiger partial charge in [-0.25, -0.2) is 0 Å². The third-order valence-electron chi connectivity index (χ3n) is 4.16. The summed E-state index contributed by atoms with van der Waals surface area (Å²) in [7, 11) is 1.75. The number of amides is 2. The summed E-state index contributed by atoms with van der Waals surface area (Å²) < 4.78 is 2.80. The molecular formula is C20H21N5O3. The molecule has 0 aliphatic carbocycles. The van der Waals surface area contributed by atoms with Crippen LogP contribution in [0.2, 0.25) is 0 Å². The van der Waals surface area contributed by atoms with Crippen molar-refractivity contribution in [1.29, 1.82) is 0 Å². The molecule has 1 aromatic carbocycles. The van der Waals surface area contributed by atoms with E-state index >= 15 is 0 Å². The number of nitrogens with one attached hydrogen (secondary N) is 2. The van der Waals surface area contributed by atoms with Crippen LogP contribution in [0.25, 0.3) is 0 Å². The summed E-state index contributed by atoms with van der Waals surface area (Å²) in [5.41, 5.74) is 1.66. The molecule has 3 rings (SSSR count). The summed E-state index contributed by atoms with van der Waals surface area (Å²) in [6, 6.07) is 12.4. The van der Waals surface area contributed by atoms with Gasteiger partial charge < -0.3 is 15.2 Å². The highest BCUT2D eigenvalue weighted by atomic mass is 16.2. The third kappa shape index (κ3) is 4.53. The maximum Gasteiger partial charge on any atom is 0.263 e. The lowest BCUT2D eigenvalue weighted by Gasteiger charge is -2.09. The van der Waals surface area contributed by atoms with Gasteiger partial charge in [0.2, 0.25) is 5.91 Å². The van der Waals surface area contributed by atoms with Crippen molar-refractivity contribution >= 4 is 17.5 Å². The minimum atomic E-state index is -0.522. The fourth-order valence-corrected chi connectivity index (χ4v) is 2.77. The van der Waals surface area contributed by atoms with Gasteiger partial charge in [-0.3, -0.25) is 19.1 Å². The van der Waals surface area contributed by atoms with Crippen LogP contribution in [0.4, 0.5) is 5.69 Å². The van der Waals surface area contributed by atoms with E-state index in [1.807, 2.05) is 30.3 Å². The fourth-order valence-electron chi connectivity index (χ4n) is 2.77. The molecular weight excluding hydrogens is 358 g/mol. The number of carbonyl (C=O) groups excluding carboxylic acids is 2. The van der Waals surface area contributed by atoms with E-state index in [2.05, 4.69) is 15.7 Å². The molecule has 0 atom stereocenters. The van der Waals surface area contributed by atoms with Crippen LogP contribution in [0.15, 0.2) is 59.7 Å². The van der Waals surface area contributed by atoms with Crippen molar-refractivity contribution in [2.75, 3.05) is 5.32 Å². The molecule has 144 valence electrons. The molecule has 0 fully saturated rings. The van der Waals surface area contributed by atoms with Gasteiger partial charge in [0.05, 0.1) is 11.4 Å². The number of hydrogen-bond acceptors (Lipinski definition) is 4. The van der Waals surface area contributed by atoms with Gasteiger partial charge in [-0.1, -0.05) is 30.3 Å². The van der Waals surface area contributed by atoms with E-state index in [-0.39, 0.29) is 18.0 Å². The van der Waals surface area contributed by atoms with Gasteiger partial charge in [-0.15, -0.1) is 0 Å². The molecule has 0 radical (unpaired) electrons. The number of benzene rings is 1. The number of aryl methyl sites for hydroxylation is 2. The van der Waals surface area contributed by atoms with E-state index in [4.69, 9.17) is 0 Å². The van der Waals surface area contributed by atoms with E-state index in [0.29, 0.717) is 17.9 Å². The standard InChI is InChI=1S/C20H21N5O3/c1-14-17(12-24(2)23-14)22-18(26)13-25-10-6-9-16(20(25)28)19(27)21-11-15-7-4-3-5-8-15/h3-10,12H,11,13H2,1-2H3,(H,21,27)(H,22,26). The Labute approximate surface area is 161 Å². The maximum absolute atomic E-state index is 12.6. The average Bonchev–Trinajstić information content (AvgIpc) is 2.99. The first-order chi connectivity index (χ1) is 13.4. The van der Waals surface area contributed by atoms with Crippen LogP contribution < -0.4 is 16.2 Å². The number of pyridine rings is 1. The summed E-state index contributed by atoms with van der Waals surface area (Å²) in [5, 5.41) is 9.59. The van der Waals surface area contributed by atoms with E-state index in [1.54, 1.807) is 30.9 Å². The Kier molecular flexibility index (Phi) is 5.69. The minimum absolute atomic E-state index is 0.0104. The van der Waals surface area contributed by atoms with E-state index < -0.39 is 11.5 Å². The van der Waals surface area contributed by atoms with Gasteiger partial charge in [0, 0.05) is 26.0 Å². The van der Waals surface area contributed by atoms with Gasteiger partial charge >= 0.3 is 0 Å². The van der Waals surface area contributed by atoms with Crippen molar-refractivity contribution in [1.82, 2.24) is 19.7 Å². The summed E-state index contributed by atoms with van der Waals surface area (Å²) >= 11 is 0. The molecule has 2 aromatic heterocycles. The lowest BCUT2D eigenvalue weighted by atomic mass is 10.2. The zero-order chi connectivity index (χ0) is 20.1. The number of nitrogens with zero attached hydrogens (tertiary/aromatic N) is 3. The Balaban J connectivity index is 1.68. The SMILES string of the molecule is Cc1nn(C)cc1NC(=O)Cn1cccc(C(=O)NCc2ccccc2)c1=O. The van der Waals surface area contributed by atoms with E-state index in [1.165, 1.54) is 16.8 Å². The summed E-state index contributed by atoms with van der Waals surface area (Å²) in [6.07, 6.45) is 3.16. The Bertz CT molecular complexity index is 1050. The molecule has 0 saturated heterocycles. The highest BCUT2D eigenvalue weighted by Crippen LogP contribution is 2.11. The Morgan fingerprint density at radius 1 is 1.11 bits per heavy atom. The molecule has 28 heavy (non-hydrogen) atoms. The first kappa shape index (κ1) is 19.1. The summed E-state index contributed by atoms with van der Waals surface area (Å²) in [4.78, 5) is 37.2. The van der Waals surface area contributed by atoms with Gasteiger partial charge in [0.25, 0.3) is 11.5 Å². The smallest absolute Gasteiger partial charge is 0.263 e. The zero-order valence-corrected chi connectivity index (χ0v) is 15.7. The predicted octanol–water partition coefficient (Wildman–Crippen LogP) is 1.46. The molecule has 8 heteroatoms. The summed E-state index contributed by atoms with van der Waals surface area (Å²) in [5.74, 6) is -0.855. The molecule has 3 aromatic rings. The molecule has 0 bridgehead atoms. The Morgan fingerprint density at radius 3 is 2.54 bits per heavy atom. The second kappa shape index (κ2) is 8.34. The largest absolute Gasteiger partial charge is 0.348 e. The van der Waals surface area contributed by atoms with Crippen molar-refractivity contribution in [3.63, 3.8) is 0 Å². The predicted molar refractivity (Wildman–Crippen MR) is 105 cm³/mol. The first-order valence-electron chi connectivity index (χ1n) is 8.75. The molecule has 2 heterocycles. The normalized spacial score (nSPS) is 10.5. The molecule has 0 aliphatic heterocycles. The maximum atomic E-state index is 12.6. The van der Waals surface area contributed by atoms with Gasteiger partial charge in [0.15, 0.2) is 0 Å². The van der Waals surface area contributed by atoms with Crippen molar-refractivity contribution in [2.24, 2.45) is 7.05 Å². The van der Waals surface area contributed by atoms with Crippen molar-refractivity contribution in [2.45, 2.75) is 20.0 Å². The number of anilines is 1. The van der Waals surface area contributed by atoms with E-state index in [0.717, 1.165) is 5.56 Å². The van der Waals surface area contributed by atoms with Gasteiger partial charge in [0.1, 0.15) is 12.1 Å². The van der Waals surface area contributed by atoms with Crippen LogP contribution in [0.3, 0.4) is 0 Å². The number of aromatic nitrogens is 3. The number of rotatable bonds is 6.